The van der Waals surface area contributed by atoms with Crippen molar-refractivity contribution in [3.05, 3.63) is 70.9 Å². The highest BCUT2D eigenvalue weighted by Gasteiger charge is 2.41. The second kappa shape index (κ2) is 10.1. The minimum Gasteiger partial charge on any atom is -0.381 e. The molecule has 1 aromatic heterocycles. The first-order valence-electron chi connectivity index (χ1n) is 12.3. The number of aromatic nitrogens is 2. The van der Waals surface area contributed by atoms with Crippen molar-refractivity contribution in [3.63, 3.8) is 0 Å². The number of carbonyl (C=O) groups is 2. The minimum atomic E-state index is -4.28. The molecule has 39 heavy (non-hydrogen) atoms. The Bertz CT molecular complexity index is 1530. The average Bonchev–Trinajstić information content (AvgIpc) is 3.55. The summed E-state index contributed by atoms with van der Waals surface area (Å²) in [6, 6.07) is 8.63. The lowest BCUT2D eigenvalue weighted by molar-refractivity contribution is -0.119. The van der Waals surface area contributed by atoms with Gasteiger partial charge in [0.05, 0.1) is 28.7 Å². The molecule has 206 valence electrons. The van der Waals surface area contributed by atoms with E-state index in [2.05, 4.69) is 20.8 Å². The number of aromatic amines is 1. The number of hydrogen-bond donors (Lipinski definition) is 3. The van der Waals surface area contributed by atoms with Crippen LogP contribution in [0.4, 0.5) is 20.3 Å². The van der Waals surface area contributed by atoms with E-state index in [1.807, 2.05) is 0 Å². The van der Waals surface area contributed by atoms with Gasteiger partial charge in [-0.3, -0.25) is 14.7 Å². The number of amides is 2. The van der Waals surface area contributed by atoms with Crippen LogP contribution in [0.1, 0.15) is 41.9 Å². The van der Waals surface area contributed by atoms with Crippen molar-refractivity contribution >= 4 is 33.3 Å². The number of sulfonamides is 1. The SMILES string of the molecule is CC1(C)CN(S(=O)(=O)c2cc(F)cc(F)c2)Cc2c(NC(=O)c3ccccc3NC(=O)C3CCOC3)n[nH]c21. The summed E-state index contributed by atoms with van der Waals surface area (Å²) in [6.45, 7) is 4.22. The molecule has 3 N–H and O–H groups in total. The molecule has 0 radical (unpaired) electrons. The number of ether oxygens (including phenoxy) is 1. The zero-order valence-corrected chi connectivity index (χ0v) is 22.1. The molecule has 2 aromatic carbocycles. The summed E-state index contributed by atoms with van der Waals surface area (Å²) in [4.78, 5) is 25.4. The molecule has 3 aromatic rings. The second-order valence-electron chi connectivity index (χ2n) is 10.2. The summed E-state index contributed by atoms with van der Waals surface area (Å²) in [5, 5.41) is 12.6. The smallest absolute Gasteiger partial charge is 0.258 e. The molecule has 0 saturated carbocycles. The summed E-state index contributed by atoms with van der Waals surface area (Å²) in [7, 11) is -4.28. The number of benzene rings is 2. The van der Waals surface area contributed by atoms with E-state index in [4.69, 9.17) is 4.74 Å². The van der Waals surface area contributed by atoms with Gasteiger partial charge in [-0.15, -0.1) is 0 Å². The fraction of sp³-hybridized carbons (Fsp3) is 0.346. The van der Waals surface area contributed by atoms with Gasteiger partial charge in [0.15, 0.2) is 5.82 Å². The van der Waals surface area contributed by atoms with Gasteiger partial charge in [-0.05, 0) is 30.7 Å². The van der Waals surface area contributed by atoms with Gasteiger partial charge in [0.2, 0.25) is 15.9 Å². The van der Waals surface area contributed by atoms with E-state index < -0.39 is 37.9 Å². The maximum atomic E-state index is 13.8. The van der Waals surface area contributed by atoms with Crippen molar-refractivity contribution < 1.29 is 31.5 Å². The lowest BCUT2D eigenvalue weighted by atomic mass is 9.84. The molecule has 1 fully saturated rings. The van der Waals surface area contributed by atoms with E-state index in [9.17, 15) is 26.8 Å². The van der Waals surface area contributed by atoms with Crippen LogP contribution in [0.5, 0.6) is 0 Å². The predicted octanol–water partition coefficient (Wildman–Crippen LogP) is 3.40. The predicted molar refractivity (Wildman–Crippen MR) is 138 cm³/mol. The molecule has 5 rings (SSSR count). The zero-order valence-electron chi connectivity index (χ0n) is 21.3. The van der Waals surface area contributed by atoms with E-state index in [1.165, 1.54) is 0 Å². The first-order valence-corrected chi connectivity index (χ1v) is 13.7. The Kier molecular flexibility index (Phi) is 6.99. The minimum absolute atomic E-state index is 0.00971. The van der Waals surface area contributed by atoms with Crippen LogP contribution in [-0.2, 0) is 31.5 Å². The summed E-state index contributed by atoms with van der Waals surface area (Å²) in [5.41, 5.74) is 0.782. The average molecular weight is 560 g/mol. The highest BCUT2D eigenvalue weighted by atomic mass is 32.2. The van der Waals surface area contributed by atoms with E-state index in [0.717, 1.165) is 16.4 Å². The third kappa shape index (κ3) is 5.29. The molecule has 2 amide bonds. The third-order valence-electron chi connectivity index (χ3n) is 6.89. The lowest BCUT2D eigenvalue weighted by Crippen LogP contribution is -2.45. The molecular weight excluding hydrogens is 532 g/mol. The molecule has 1 saturated heterocycles. The number of halogens is 2. The quantitative estimate of drug-likeness (QED) is 0.424. The molecular formula is C26H27F2N5O5S. The summed E-state index contributed by atoms with van der Waals surface area (Å²) in [6.07, 6.45) is 0.594. The number of hydrogen-bond acceptors (Lipinski definition) is 6. The van der Waals surface area contributed by atoms with Crippen molar-refractivity contribution in [3.8, 4) is 0 Å². The van der Waals surface area contributed by atoms with Crippen LogP contribution in [0, 0.1) is 17.6 Å². The van der Waals surface area contributed by atoms with Gasteiger partial charge in [0.25, 0.3) is 5.91 Å². The molecule has 10 nitrogen and oxygen atoms in total. The zero-order chi connectivity index (χ0) is 27.9. The molecule has 13 heteroatoms. The van der Waals surface area contributed by atoms with Crippen molar-refractivity contribution in [1.82, 2.24) is 14.5 Å². The number of anilines is 2. The largest absolute Gasteiger partial charge is 0.381 e. The van der Waals surface area contributed by atoms with Crippen molar-refractivity contribution in [2.75, 3.05) is 30.4 Å². The molecule has 0 spiro atoms. The summed E-state index contributed by atoms with van der Waals surface area (Å²) in [5.74, 6) is -3.02. The molecule has 1 atom stereocenters. The monoisotopic (exact) mass is 559 g/mol. The molecule has 2 aliphatic rings. The Morgan fingerprint density at radius 3 is 2.54 bits per heavy atom. The topological polar surface area (TPSA) is 133 Å². The van der Waals surface area contributed by atoms with Gasteiger partial charge >= 0.3 is 0 Å². The van der Waals surface area contributed by atoms with Gasteiger partial charge < -0.3 is 15.4 Å². The standard InChI is InChI=1S/C26H27F2N5O5S/c1-26(2)14-33(39(36,37)18-10-16(27)9-17(28)11-18)12-20-22(26)31-32-23(20)30-25(35)19-5-3-4-6-21(19)29-24(34)15-7-8-38-13-15/h3-6,9-11,15H,7-8,12-14H2,1-2H3,(H,29,34)(H2,30,31,32,35). The first-order chi connectivity index (χ1) is 18.5. The Balaban J connectivity index is 1.41. The van der Waals surface area contributed by atoms with E-state index >= 15 is 0 Å². The summed E-state index contributed by atoms with van der Waals surface area (Å²) < 4.78 is 60.7. The highest BCUT2D eigenvalue weighted by molar-refractivity contribution is 7.89. The molecule has 0 bridgehead atoms. The Morgan fingerprint density at radius 2 is 1.85 bits per heavy atom. The summed E-state index contributed by atoms with van der Waals surface area (Å²) >= 11 is 0. The van der Waals surface area contributed by atoms with Crippen LogP contribution in [0.15, 0.2) is 47.4 Å². The van der Waals surface area contributed by atoms with Crippen LogP contribution in [0.2, 0.25) is 0 Å². The molecule has 1 unspecified atom stereocenters. The Morgan fingerprint density at radius 1 is 1.13 bits per heavy atom. The number of carbonyl (C=O) groups excluding carboxylic acids is 2. The van der Waals surface area contributed by atoms with Crippen LogP contribution in [-0.4, -0.2) is 54.5 Å². The normalized spacial score (nSPS) is 18.9. The van der Waals surface area contributed by atoms with Gasteiger partial charge in [0.1, 0.15) is 11.6 Å². The first kappa shape index (κ1) is 26.9. The highest BCUT2D eigenvalue weighted by Crippen LogP contribution is 2.38. The van der Waals surface area contributed by atoms with Crippen molar-refractivity contribution in [1.29, 1.82) is 0 Å². The third-order valence-corrected chi connectivity index (χ3v) is 8.66. The number of nitrogens with one attached hydrogen (secondary N) is 3. The van der Waals surface area contributed by atoms with Crippen LogP contribution in [0.25, 0.3) is 0 Å². The second-order valence-corrected chi connectivity index (χ2v) is 12.2. The van der Waals surface area contributed by atoms with Crippen molar-refractivity contribution in [2.24, 2.45) is 5.92 Å². The molecule has 0 aliphatic carbocycles. The van der Waals surface area contributed by atoms with Crippen LogP contribution >= 0.6 is 0 Å². The van der Waals surface area contributed by atoms with Gasteiger partial charge in [0, 0.05) is 42.4 Å². The maximum absolute atomic E-state index is 13.8. The van der Waals surface area contributed by atoms with E-state index in [0.29, 0.717) is 42.6 Å². The Hall–Kier alpha value is -3.68. The van der Waals surface area contributed by atoms with Crippen LogP contribution < -0.4 is 10.6 Å². The molecule has 2 aliphatic heterocycles. The van der Waals surface area contributed by atoms with Gasteiger partial charge in [-0.1, -0.05) is 26.0 Å². The van der Waals surface area contributed by atoms with Crippen molar-refractivity contribution in [2.45, 2.75) is 37.1 Å². The van der Waals surface area contributed by atoms with Gasteiger partial charge in [-0.2, -0.15) is 9.40 Å². The number of para-hydroxylation sites is 1. The fourth-order valence-electron chi connectivity index (χ4n) is 4.87. The number of fused-ring (bicyclic) bond motifs is 1. The van der Waals surface area contributed by atoms with E-state index in [-0.39, 0.29) is 36.3 Å². The van der Waals surface area contributed by atoms with Gasteiger partial charge in [-0.25, -0.2) is 17.2 Å². The molecule has 3 heterocycles. The maximum Gasteiger partial charge on any atom is 0.258 e. The van der Waals surface area contributed by atoms with E-state index in [1.54, 1.807) is 38.1 Å². The van der Waals surface area contributed by atoms with Crippen LogP contribution in [0.3, 0.4) is 0 Å². The fourth-order valence-corrected chi connectivity index (χ4v) is 6.49. The lowest BCUT2D eigenvalue weighted by Gasteiger charge is -2.36. The Labute approximate surface area is 223 Å². The number of rotatable bonds is 6. The number of nitrogens with zero attached hydrogens (tertiary/aromatic N) is 2. The number of H-pyrrole nitrogens is 1.